The summed E-state index contributed by atoms with van der Waals surface area (Å²) in [5.41, 5.74) is 0.337. The van der Waals surface area contributed by atoms with Crippen LogP contribution < -0.4 is 19.5 Å². The predicted octanol–water partition coefficient (Wildman–Crippen LogP) is 2.61. The van der Waals surface area contributed by atoms with E-state index in [0.717, 1.165) is 0 Å². The van der Waals surface area contributed by atoms with Crippen molar-refractivity contribution in [1.29, 1.82) is 0 Å². The topological polar surface area (TPSA) is 83.1 Å². The molecule has 27 heavy (non-hydrogen) atoms. The molecule has 0 fully saturated rings. The van der Waals surface area contributed by atoms with Crippen molar-refractivity contribution in [3.63, 3.8) is 0 Å². The van der Waals surface area contributed by atoms with Crippen LogP contribution in [-0.2, 0) is 14.3 Å². The highest BCUT2D eigenvalue weighted by Crippen LogP contribution is 2.31. The van der Waals surface area contributed by atoms with Crippen LogP contribution >= 0.6 is 0 Å². The maximum absolute atomic E-state index is 12.1. The molecule has 0 spiro atoms. The molecule has 1 N–H and O–H groups in total. The van der Waals surface area contributed by atoms with Crippen LogP contribution in [0.25, 0.3) is 0 Å². The molecule has 0 saturated heterocycles. The largest absolute Gasteiger partial charge is 0.485 e. The third kappa shape index (κ3) is 5.06. The number of ether oxygens (including phenoxy) is 4. The van der Waals surface area contributed by atoms with E-state index in [4.69, 9.17) is 14.2 Å². The first-order valence-corrected chi connectivity index (χ1v) is 7.91. The lowest BCUT2D eigenvalue weighted by molar-refractivity contribution is -0.156. The standard InChI is InChI=1S/C18H15F2NO6/c19-18(20)26-12-7-5-11(6-8-12)21-16(22)10-25-17(23)15-9-24-13-3-1-2-4-14(13)27-15/h1-8,15,18H,9-10H2,(H,21,22)/t15-/m0/s1. The van der Waals surface area contributed by atoms with Crippen molar-refractivity contribution in [2.45, 2.75) is 12.7 Å². The fraction of sp³-hybridized carbons (Fsp3) is 0.222. The zero-order valence-electron chi connectivity index (χ0n) is 13.9. The van der Waals surface area contributed by atoms with Crippen LogP contribution in [0.1, 0.15) is 0 Å². The van der Waals surface area contributed by atoms with Gasteiger partial charge in [-0.1, -0.05) is 12.1 Å². The molecule has 142 valence electrons. The Bertz CT molecular complexity index is 812. The first-order valence-electron chi connectivity index (χ1n) is 7.91. The SMILES string of the molecule is O=C(COC(=O)[C@@H]1COc2ccccc2O1)Nc1ccc(OC(F)F)cc1. The Balaban J connectivity index is 1.46. The van der Waals surface area contributed by atoms with Crippen molar-refractivity contribution in [3.8, 4) is 17.2 Å². The summed E-state index contributed by atoms with van der Waals surface area (Å²) in [6.45, 7) is -3.48. The third-order valence-electron chi connectivity index (χ3n) is 3.48. The average molecular weight is 379 g/mol. The van der Waals surface area contributed by atoms with Gasteiger partial charge in [0.2, 0.25) is 6.10 Å². The molecule has 0 saturated carbocycles. The summed E-state index contributed by atoms with van der Waals surface area (Å²) < 4.78 is 44.2. The summed E-state index contributed by atoms with van der Waals surface area (Å²) in [6, 6.07) is 12.2. The van der Waals surface area contributed by atoms with E-state index in [1.54, 1.807) is 24.3 Å². The van der Waals surface area contributed by atoms with E-state index in [2.05, 4.69) is 10.1 Å². The van der Waals surface area contributed by atoms with Crippen molar-refractivity contribution >= 4 is 17.6 Å². The Morgan fingerprint density at radius 1 is 1.11 bits per heavy atom. The molecule has 1 atom stereocenters. The van der Waals surface area contributed by atoms with Gasteiger partial charge in [-0.3, -0.25) is 4.79 Å². The van der Waals surface area contributed by atoms with Gasteiger partial charge in [-0.05, 0) is 36.4 Å². The van der Waals surface area contributed by atoms with E-state index >= 15 is 0 Å². The smallest absolute Gasteiger partial charge is 0.387 e. The number of carbonyl (C=O) groups excluding carboxylic acids is 2. The van der Waals surface area contributed by atoms with E-state index in [-0.39, 0.29) is 12.4 Å². The minimum atomic E-state index is -2.93. The van der Waals surface area contributed by atoms with Gasteiger partial charge in [0, 0.05) is 5.69 Å². The van der Waals surface area contributed by atoms with Crippen molar-refractivity contribution in [2.24, 2.45) is 0 Å². The highest BCUT2D eigenvalue weighted by molar-refractivity contribution is 5.93. The number of anilines is 1. The van der Waals surface area contributed by atoms with Gasteiger partial charge >= 0.3 is 12.6 Å². The number of hydrogen-bond acceptors (Lipinski definition) is 6. The van der Waals surface area contributed by atoms with E-state index in [1.807, 2.05) is 0 Å². The summed E-state index contributed by atoms with van der Waals surface area (Å²) in [4.78, 5) is 23.9. The van der Waals surface area contributed by atoms with Crippen molar-refractivity contribution < 1.29 is 37.3 Å². The van der Waals surface area contributed by atoms with E-state index in [0.29, 0.717) is 17.2 Å². The minimum absolute atomic E-state index is 0.0247. The predicted molar refractivity (Wildman–Crippen MR) is 89.0 cm³/mol. The van der Waals surface area contributed by atoms with Crippen LogP contribution in [0.15, 0.2) is 48.5 Å². The number of amides is 1. The molecule has 0 radical (unpaired) electrons. The molecule has 2 aromatic rings. The monoisotopic (exact) mass is 379 g/mol. The maximum Gasteiger partial charge on any atom is 0.387 e. The lowest BCUT2D eigenvalue weighted by Gasteiger charge is -2.24. The van der Waals surface area contributed by atoms with Gasteiger partial charge in [0.15, 0.2) is 18.1 Å². The fourth-order valence-corrected chi connectivity index (χ4v) is 2.28. The molecule has 0 unspecified atom stereocenters. The molecule has 1 aliphatic heterocycles. The summed E-state index contributed by atoms with van der Waals surface area (Å²) in [5.74, 6) is -0.424. The summed E-state index contributed by atoms with van der Waals surface area (Å²) >= 11 is 0. The molecular formula is C18H15F2NO6. The van der Waals surface area contributed by atoms with Gasteiger partial charge in [0.1, 0.15) is 12.4 Å². The molecule has 3 rings (SSSR count). The summed E-state index contributed by atoms with van der Waals surface area (Å²) in [7, 11) is 0. The molecule has 1 aliphatic rings. The quantitative estimate of drug-likeness (QED) is 0.777. The second kappa shape index (κ2) is 8.35. The molecule has 0 aromatic heterocycles. The number of para-hydroxylation sites is 2. The van der Waals surface area contributed by atoms with Gasteiger partial charge in [-0.15, -0.1) is 0 Å². The highest BCUT2D eigenvalue weighted by Gasteiger charge is 2.29. The summed E-state index contributed by atoms with van der Waals surface area (Å²) in [6.07, 6.45) is -0.974. The van der Waals surface area contributed by atoms with E-state index in [1.165, 1.54) is 24.3 Å². The Kier molecular flexibility index (Phi) is 5.70. The number of nitrogens with one attached hydrogen (secondary N) is 1. The van der Waals surface area contributed by atoms with Gasteiger partial charge in [-0.2, -0.15) is 8.78 Å². The third-order valence-corrected chi connectivity index (χ3v) is 3.48. The lowest BCUT2D eigenvalue weighted by atomic mass is 10.2. The zero-order chi connectivity index (χ0) is 19.2. The number of hydrogen-bond donors (Lipinski definition) is 1. The average Bonchev–Trinajstić information content (AvgIpc) is 2.67. The second-order valence-electron chi connectivity index (χ2n) is 5.42. The van der Waals surface area contributed by atoms with Crippen LogP contribution in [-0.4, -0.2) is 37.8 Å². The van der Waals surface area contributed by atoms with Crippen LogP contribution in [0.3, 0.4) is 0 Å². The molecule has 0 bridgehead atoms. The van der Waals surface area contributed by atoms with Crippen molar-refractivity contribution in [3.05, 3.63) is 48.5 Å². The highest BCUT2D eigenvalue weighted by atomic mass is 19.3. The number of halogens is 2. The molecule has 1 heterocycles. The van der Waals surface area contributed by atoms with Crippen LogP contribution in [0.4, 0.5) is 14.5 Å². The number of fused-ring (bicyclic) bond motifs is 1. The Labute approximate surface area is 152 Å². The van der Waals surface area contributed by atoms with Crippen molar-refractivity contribution in [2.75, 3.05) is 18.5 Å². The van der Waals surface area contributed by atoms with Crippen molar-refractivity contribution in [1.82, 2.24) is 0 Å². The lowest BCUT2D eigenvalue weighted by Crippen LogP contribution is -2.39. The van der Waals surface area contributed by atoms with Crippen LogP contribution in [0, 0.1) is 0 Å². The molecular weight excluding hydrogens is 364 g/mol. The van der Waals surface area contributed by atoms with E-state index in [9.17, 15) is 18.4 Å². The molecule has 9 heteroatoms. The number of rotatable bonds is 6. The zero-order valence-corrected chi connectivity index (χ0v) is 13.9. The van der Waals surface area contributed by atoms with Crippen LogP contribution in [0.2, 0.25) is 0 Å². The maximum atomic E-state index is 12.1. The van der Waals surface area contributed by atoms with Gasteiger partial charge in [0.05, 0.1) is 0 Å². The minimum Gasteiger partial charge on any atom is -0.485 e. The molecule has 7 nitrogen and oxygen atoms in total. The number of alkyl halides is 2. The van der Waals surface area contributed by atoms with Gasteiger partial charge < -0.3 is 24.3 Å². The molecule has 1 amide bonds. The van der Waals surface area contributed by atoms with Gasteiger partial charge in [-0.25, -0.2) is 4.79 Å². The first kappa shape index (κ1) is 18.4. The molecule has 0 aliphatic carbocycles. The fourth-order valence-electron chi connectivity index (χ4n) is 2.28. The number of benzene rings is 2. The molecule has 2 aromatic carbocycles. The van der Waals surface area contributed by atoms with Crippen LogP contribution in [0.5, 0.6) is 17.2 Å². The Hall–Kier alpha value is -3.36. The normalized spacial score (nSPS) is 15.1. The summed E-state index contributed by atoms with van der Waals surface area (Å²) in [5, 5.41) is 2.47. The van der Waals surface area contributed by atoms with Gasteiger partial charge in [0.25, 0.3) is 5.91 Å². The Morgan fingerprint density at radius 3 is 2.52 bits per heavy atom. The first-order chi connectivity index (χ1) is 13.0. The number of esters is 1. The number of carbonyl (C=O) groups is 2. The Morgan fingerprint density at radius 2 is 1.81 bits per heavy atom. The van der Waals surface area contributed by atoms with E-state index < -0.39 is 31.2 Å². The second-order valence-corrected chi connectivity index (χ2v) is 5.42.